The fraction of sp³-hybridized carbons (Fsp3) is 0.0870. The summed E-state index contributed by atoms with van der Waals surface area (Å²) in [5.41, 5.74) is 4.22. The Hall–Kier alpha value is -2.38. The molecule has 0 atom stereocenters. The van der Waals surface area contributed by atoms with Crippen LogP contribution in [0.15, 0.2) is 60.7 Å². The maximum atomic E-state index is 5.97. The lowest BCUT2D eigenvalue weighted by atomic mass is 10.1. The van der Waals surface area contributed by atoms with Gasteiger partial charge >= 0.3 is 0 Å². The summed E-state index contributed by atoms with van der Waals surface area (Å²) in [6.07, 6.45) is 0. The third kappa shape index (κ3) is 4.14. The fourth-order valence-corrected chi connectivity index (χ4v) is 4.62. The van der Waals surface area contributed by atoms with E-state index < -0.39 is 0 Å². The van der Waals surface area contributed by atoms with Crippen LogP contribution < -0.4 is 0 Å². The Morgan fingerprint density at radius 2 is 1.56 bits per heavy atom. The second kappa shape index (κ2) is 7.70. The molecular weight excluding hydrogens is 390 g/mol. The van der Waals surface area contributed by atoms with Crippen LogP contribution in [0, 0.1) is 25.7 Å². The van der Waals surface area contributed by atoms with E-state index in [4.69, 9.17) is 16.6 Å². The van der Waals surface area contributed by atoms with Gasteiger partial charge in [-0.05, 0) is 56.2 Å². The van der Waals surface area contributed by atoms with E-state index in [1.54, 1.807) is 22.7 Å². The van der Waals surface area contributed by atoms with Crippen molar-refractivity contribution in [2.45, 2.75) is 13.8 Å². The van der Waals surface area contributed by atoms with E-state index in [9.17, 15) is 0 Å². The molecule has 27 heavy (non-hydrogen) atoms. The van der Waals surface area contributed by atoms with Gasteiger partial charge < -0.3 is 0 Å². The maximum absolute atomic E-state index is 5.97. The molecule has 4 aromatic rings. The van der Waals surface area contributed by atoms with Crippen LogP contribution in [0.5, 0.6) is 0 Å². The summed E-state index contributed by atoms with van der Waals surface area (Å²) in [5.74, 6) is 6.57. The van der Waals surface area contributed by atoms with Gasteiger partial charge in [0, 0.05) is 21.0 Å². The fourth-order valence-electron chi connectivity index (χ4n) is 2.63. The normalized spacial score (nSPS) is 10.5. The molecule has 1 nitrogen and oxygen atoms in total. The van der Waals surface area contributed by atoms with Gasteiger partial charge in [0.1, 0.15) is 9.88 Å². The minimum absolute atomic E-state index is 0.717. The number of rotatable bonds is 2. The van der Waals surface area contributed by atoms with E-state index in [-0.39, 0.29) is 0 Å². The first kappa shape index (κ1) is 18.0. The molecule has 132 valence electrons. The van der Waals surface area contributed by atoms with Crippen molar-refractivity contribution in [1.29, 1.82) is 0 Å². The van der Waals surface area contributed by atoms with Gasteiger partial charge in [-0.15, -0.1) is 22.7 Å². The molecule has 0 radical (unpaired) electrons. The topological polar surface area (TPSA) is 12.9 Å². The van der Waals surface area contributed by atoms with E-state index in [1.807, 2.05) is 24.3 Å². The van der Waals surface area contributed by atoms with Gasteiger partial charge in [0.05, 0.1) is 10.6 Å². The number of benzene rings is 2. The highest BCUT2D eigenvalue weighted by molar-refractivity contribution is 7.22. The molecule has 0 bridgehead atoms. The average Bonchev–Trinajstić information content (AvgIpc) is 3.28. The summed E-state index contributed by atoms with van der Waals surface area (Å²) >= 11 is 9.37. The Bertz CT molecular complexity index is 1140. The van der Waals surface area contributed by atoms with Gasteiger partial charge in [0.25, 0.3) is 0 Å². The molecule has 0 aliphatic carbocycles. The molecule has 4 rings (SSSR count). The van der Waals surface area contributed by atoms with Crippen LogP contribution in [-0.2, 0) is 0 Å². The van der Waals surface area contributed by atoms with Crippen LogP contribution in [0.2, 0.25) is 5.02 Å². The molecule has 0 saturated heterocycles. The smallest absolute Gasteiger partial charge is 0.135 e. The van der Waals surface area contributed by atoms with Gasteiger partial charge in [-0.1, -0.05) is 47.4 Å². The first-order chi connectivity index (χ1) is 13.1. The number of thiophene rings is 1. The van der Waals surface area contributed by atoms with Crippen molar-refractivity contribution in [2.24, 2.45) is 0 Å². The van der Waals surface area contributed by atoms with Crippen molar-refractivity contribution in [3.63, 3.8) is 0 Å². The molecule has 0 N–H and O–H groups in total. The Labute approximate surface area is 172 Å². The van der Waals surface area contributed by atoms with Crippen LogP contribution in [-0.4, -0.2) is 4.98 Å². The zero-order chi connectivity index (χ0) is 18.8. The quantitative estimate of drug-likeness (QED) is 0.321. The lowest BCUT2D eigenvalue weighted by Crippen LogP contribution is -1.82. The second-order valence-corrected chi connectivity index (χ2v) is 8.95. The molecule has 0 amide bonds. The molecule has 4 heteroatoms. The van der Waals surface area contributed by atoms with Crippen molar-refractivity contribution in [3.05, 3.63) is 86.6 Å². The van der Waals surface area contributed by atoms with E-state index in [0.717, 1.165) is 26.7 Å². The lowest BCUT2D eigenvalue weighted by Gasteiger charge is -1.99. The number of hydrogen-bond acceptors (Lipinski definition) is 3. The first-order valence-electron chi connectivity index (χ1n) is 8.51. The summed E-state index contributed by atoms with van der Waals surface area (Å²) in [7, 11) is 0. The summed E-state index contributed by atoms with van der Waals surface area (Å²) < 4.78 is 0. The predicted octanol–water partition coefficient (Wildman–Crippen LogP) is 7.21. The van der Waals surface area contributed by atoms with Crippen LogP contribution in [0.4, 0.5) is 0 Å². The van der Waals surface area contributed by atoms with Crippen LogP contribution in [0.25, 0.3) is 21.1 Å². The van der Waals surface area contributed by atoms with Gasteiger partial charge in [-0.3, -0.25) is 0 Å². The average molecular weight is 406 g/mol. The van der Waals surface area contributed by atoms with E-state index >= 15 is 0 Å². The third-order valence-corrected chi connectivity index (χ3v) is 6.46. The van der Waals surface area contributed by atoms with Crippen LogP contribution in [0.1, 0.15) is 20.9 Å². The SMILES string of the molecule is Cc1ccc(-c2nc(-c3ccc(C)s3)sc2C#Cc2ccc(Cl)cc2)cc1. The van der Waals surface area contributed by atoms with Crippen molar-refractivity contribution in [3.8, 4) is 33.0 Å². The first-order valence-corrected chi connectivity index (χ1v) is 10.5. The molecule has 0 spiro atoms. The van der Waals surface area contributed by atoms with Crippen molar-refractivity contribution in [2.75, 3.05) is 0 Å². The molecule has 0 aliphatic heterocycles. The van der Waals surface area contributed by atoms with E-state index in [1.165, 1.54) is 15.3 Å². The number of thiazole rings is 1. The lowest BCUT2D eigenvalue weighted by molar-refractivity contribution is 1.39. The molecule has 0 unspecified atom stereocenters. The Morgan fingerprint density at radius 3 is 2.22 bits per heavy atom. The van der Waals surface area contributed by atoms with E-state index in [0.29, 0.717) is 5.02 Å². The summed E-state index contributed by atoms with van der Waals surface area (Å²) in [6, 6.07) is 20.3. The highest BCUT2D eigenvalue weighted by Gasteiger charge is 2.14. The van der Waals surface area contributed by atoms with Crippen molar-refractivity contribution < 1.29 is 0 Å². The molecular formula is C23H16ClNS2. The maximum Gasteiger partial charge on any atom is 0.135 e. The zero-order valence-electron chi connectivity index (χ0n) is 14.9. The standard InChI is InChI=1S/C23H16ClNS2/c1-15-3-9-18(10-4-15)22-20(14-8-17-6-11-19(24)12-7-17)27-23(25-22)21-13-5-16(2)26-21/h3-7,9-13H,1-2H3. The Balaban J connectivity index is 1.80. The van der Waals surface area contributed by atoms with Gasteiger partial charge in [0.2, 0.25) is 0 Å². The summed E-state index contributed by atoms with van der Waals surface area (Å²) in [4.78, 5) is 8.38. The van der Waals surface area contributed by atoms with Crippen molar-refractivity contribution in [1.82, 2.24) is 4.98 Å². The minimum Gasteiger partial charge on any atom is -0.234 e. The summed E-state index contributed by atoms with van der Waals surface area (Å²) in [5, 5.41) is 1.73. The molecule has 2 heterocycles. The van der Waals surface area contributed by atoms with Crippen LogP contribution in [0.3, 0.4) is 0 Å². The monoisotopic (exact) mass is 405 g/mol. The van der Waals surface area contributed by atoms with Crippen LogP contribution >= 0.6 is 34.3 Å². The number of aryl methyl sites for hydroxylation is 2. The molecule has 2 aromatic heterocycles. The number of halogens is 1. The molecule has 0 saturated carbocycles. The largest absolute Gasteiger partial charge is 0.234 e. The Kier molecular flexibility index (Phi) is 5.13. The van der Waals surface area contributed by atoms with Crippen molar-refractivity contribution >= 4 is 34.3 Å². The molecule has 0 aliphatic rings. The number of nitrogens with zero attached hydrogens (tertiary/aromatic N) is 1. The zero-order valence-corrected chi connectivity index (χ0v) is 17.3. The molecule has 0 fully saturated rings. The van der Waals surface area contributed by atoms with Gasteiger partial charge in [-0.25, -0.2) is 4.98 Å². The highest BCUT2D eigenvalue weighted by atomic mass is 35.5. The van der Waals surface area contributed by atoms with Gasteiger partial charge in [-0.2, -0.15) is 0 Å². The number of aromatic nitrogens is 1. The predicted molar refractivity (Wildman–Crippen MR) is 118 cm³/mol. The number of hydrogen-bond donors (Lipinski definition) is 0. The minimum atomic E-state index is 0.717. The Morgan fingerprint density at radius 1 is 0.815 bits per heavy atom. The summed E-state index contributed by atoms with van der Waals surface area (Å²) in [6.45, 7) is 4.20. The highest BCUT2D eigenvalue weighted by Crippen LogP contribution is 2.36. The molecule has 2 aromatic carbocycles. The van der Waals surface area contributed by atoms with Gasteiger partial charge in [0.15, 0.2) is 0 Å². The van der Waals surface area contributed by atoms with E-state index in [2.05, 4.69) is 62.1 Å². The second-order valence-electron chi connectivity index (χ2n) is 6.23. The third-order valence-electron chi connectivity index (χ3n) is 4.07.